The van der Waals surface area contributed by atoms with Crippen molar-refractivity contribution in [2.45, 2.75) is 32.4 Å². The zero-order valence-electron chi connectivity index (χ0n) is 17.2. The van der Waals surface area contributed by atoms with Gasteiger partial charge >= 0.3 is 5.97 Å². The molecule has 3 rings (SSSR count). The maximum absolute atomic E-state index is 13.3. The highest BCUT2D eigenvalue weighted by Crippen LogP contribution is 2.20. The summed E-state index contributed by atoms with van der Waals surface area (Å²) in [6.07, 6.45) is 0.0548. The zero-order chi connectivity index (χ0) is 22.4. The molecule has 0 bridgehead atoms. The van der Waals surface area contributed by atoms with E-state index in [0.717, 1.165) is 11.1 Å². The molecule has 1 unspecified atom stereocenters. The standard InChI is InChI=1S/C22H23FN4O3S/c1-14-3-5-16(6-4-14)21-25-26-22(31)27(21)12-11-19(28)24-18(13-20(29)30-2)15-7-9-17(23)10-8-15/h3-10,18H,11-13H2,1-2H3,(H,24,28)(H,26,31). The van der Waals surface area contributed by atoms with Crippen molar-refractivity contribution in [3.05, 3.63) is 70.2 Å². The molecular formula is C22H23FN4O3S. The first-order valence-corrected chi connectivity index (χ1v) is 10.1. The molecule has 7 nitrogen and oxygen atoms in total. The third-order valence-electron chi connectivity index (χ3n) is 4.84. The van der Waals surface area contributed by atoms with Gasteiger partial charge in [0, 0.05) is 18.5 Å². The van der Waals surface area contributed by atoms with Crippen molar-refractivity contribution in [1.29, 1.82) is 0 Å². The normalized spacial score (nSPS) is 11.7. The number of aromatic amines is 1. The Morgan fingerprint density at radius 1 is 1.19 bits per heavy atom. The quantitative estimate of drug-likeness (QED) is 0.408. The molecule has 0 aliphatic heterocycles. The fraction of sp³-hybridized carbons (Fsp3) is 0.273. The maximum atomic E-state index is 13.3. The van der Waals surface area contributed by atoms with Gasteiger partial charge in [0.15, 0.2) is 10.6 Å². The summed E-state index contributed by atoms with van der Waals surface area (Å²) in [7, 11) is 1.28. The van der Waals surface area contributed by atoms with Crippen LogP contribution < -0.4 is 5.32 Å². The summed E-state index contributed by atoms with van der Waals surface area (Å²) in [6, 6.07) is 12.8. The SMILES string of the molecule is COC(=O)CC(NC(=O)CCn1c(-c2ccc(C)cc2)n[nH]c1=S)c1ccc(F)cc1. The van der Waals surface area contributed by atoms with Crippen LogP contribution in [0.1, 0.15) is 30.0 Å². The smallest absolute Gasteiger partial charge is 0.307 e. The number of methoxy groups -OCH3 is 1. The number of aromatic nitrogens is 3. The number of esters is 1. The number of benzene rings is 2. The van der Waals surface area contributed by atoms with Gasteiger partial charge in [-0.05, 0) is 36.8 Å². The van der Waals surface area contributed by atoms with Crippen LogP contribution in [-0.2, 0) is 20.9 Å². The van der Waals surface area contributed by atoms with Gasteiger partial charge in [-0.1, -0.05) is 42.0 Å². The van der Waals surface area contributed by atoms with Gasteiger partial charge in [-0.2, -0.15) is 5.10 Å². The lowest BCUT2D eigenvalue weighted by molar-refractivity contribution is -0.141. The molecule has 31 heavy (non-hydrogen) atoms. The highest BCUT2D eigenvalue weighted by atomic mass is 32.1. The number of hydrogen-bond acceptors (Lipinski definition) is 5. The van der Waals surface area contributed by atoms with E-state index in [-0.39, 0.29) is 18.7 Å². The van der Waals surface area contributed by atoms with Crippen LogP contribution in [0.15, 0.2) is 48.5 Å². The summed E-state index contributed by atoms with van der Waals surface area (Å²) in [5.41, 5.74) is 2.62. The van der Waals surface area contributed by atoms with Crippen LogP contribution in [0.5, 0.6) is 0 Å². The molecule has 1 heterocycles. The third kappa shape index (κ3) is 5.85. The minimum absolute atomic E-state index is 0.0619. The fourth-order valence-corrected chi connectivity index (χ4v) is 3.35. The molecule has 2 aromatic carbocycles. The molecule has 162 valence electrons. The highest BCUT2D eigenvalue weighted by molar-refractivity contribution is 7.71. The van der Waals surface area contributed by atoms with Gasteiger partial charge in [-0.25, -0.2) is 4.39 Å². The predicted octanol–water partition coefficient (Wildman–Crippen LogP) is 3.87. The molecule has 3 aromatic rings. The Labute approximate surface area is 184 Å². The van der Waals surface area contributed by atoms with E-state index in [1.54, 1.807) is 4.57 Å². The number of nitrogens with one attached hydrogen (secondary N) is 2. The summed E-state index contributed by atoms with van der Waals surface area (Å²) >= 11 is 5.32. The summed E-state index contributed by atoms with van der Waals surface area (Å²) < 4.78 is 20.1. The third-order valence-corrected chi connectivity index (χ3v) is 5.15. The number of carbonyl (C=O) groups is 2. The molecule has 1 atom stereocenters. The van der Waals surface area contributed by atoms with Gasteiger partial charge in [0.1, 0.15) is 5.82 Å². The topological polar surface area (TPSA) is 89.0 Å². The molecule has 0 aliphatic rings. The Hall–Kier alpha value is -3.33. The molecule has 1 aromatic heterocycles. The van der Waals surface area contributed by atoms with Gasteiger partial charge in [-0.3, -0.25) is 19.3 Å². The number of aryl methyl sites for hydroxylation is 1. The molecule has 9 heteroatoms. The van der Waals surface area contributed by atoms with E-state index in [1.165, 1.54) is 31.4 Å². The average molecular weight is 443 g/mol. The van der Waals surface area contributed by atoms with Crippen molar-refractivity contribution in [1.82, 2.24) is 20.1 Å². The van der Waals surface area contributed by atoms with Crippen LogP contribution in [0.4, 0.5) is 4.39 Å². The van der Waals surface area contributed by atoms with Crippen molar-refractivity contribution in [3.8, 4) is 11.4 Å². The second-order valence-corrected chi connectivity index (χ2v) is 7.46. The number of rotatable bonds is 8. The lowest BCUT2D eigenvalue weighted by Crippen LogP contribution is -2.31. The van der Waals surface area contributed by atoms with Gasteiger partial charge in [-0.15, -0.1) is 0 Å². The minimum atomic E-state index is -0.630. The Morgan fingerprint density at radius 2 is 1.87 bits per heavy atom. The van der Waals surface area contributed by atoms with E-state index in [0.29, 0.717) is 22.7 Å². The van der Waals surface area contributed by atoms with E-state index in [4.69, 9.17) is 17.0 Å². The van der Waals surface area contributed by atoms with Crippen LogP contribution in [-0.4, -0.2) is 33.8 Å². The Bertz CT molecular complexity index is 1110. The van der Waals surface area contributed by atoms with E-state index in [2.05, 4.69) is 15.5 Å². The van der Waals surface area contributed by atoms with Crippen molar-refractivity contribution in [2.75, 3.05) is 7.11 Å². The number of halogens is 1. The first kappa shape index (κ1) is 22.4. The zero-order valence-corrected chi connectivity index (χ0v) is 18.0. The second-order valence-electron chi connectivity index (χ2n) is 7.07. The van der Waals surface area contributed by atoms with E-state index >= 15 is 0 Å². The Kier molecular flexibility index (Phi) is 7.30. The maximum Gasteiger partial charge on any atom is 0.307 e. The molecular weight excluding hydrogens is 419 g/mol. The molecule has 2 N–H and O–H groups in total. The number of ether oxygens (including phenoxy) is 1. The van der Waals surface area contributed by atoms with Crippen LogP contribution in [0, 0.1) is 17.5 Å². The van der Waals surface area contributed by atoms with Crippen molar-refractivity contribution in [3.63, 3.8) is 0 Å². The van der Waals surface area contributed by atoms with E-state index in [9.17, 15) is 14.0 Å². The number of amides is 1. The van der Waals surface area contributed by atoms with Gasteiger partial charge in [0.05, 0.1) is 19.6 Å². The molecule has 0 saturated heterocycles. The van der Waals surface area contributed by atoms with Crippen LogP contribution in [0.2, 0.25) is 0 Å². The van der Waals surface area contributed by atoms with Gasteiger partial charge in [0.25, 0.3) is 0 Å². The Morgan fingerprint density at radius 3 is 2.52 bits per heavy atom. The first-order chi connectivity index (χ1) is 14.9. The average Bonchev–Trinajstić information content (AvgIpc) is 3.13. The van der Waals surface area contributed by atoms with Crippen molar-refractivity contribution < 1.29 is 18.7 Å². The second kappa shape index (κ2) is 10.1. The number of carbonyl (C=O) groups excluding carboxylic acids is 2. The largest absolute Gasteiger partial charge is 0.469 e. The van der Waals surface area contributed by atoms with E-state index in [1.807, 2.05) is 31.2 Å². The number of nitrogens with zero attached hydrogens (tertiary/aromatic N) is 2. The summed E-state index contributed by atoms with van der Waals surface area (Å²) in [5.74, 6) is -0.517. The molecule has 0 radical (unpaired) electrons. The summed E-state index contributed by atoms with van der Waals surface area (Å²) in [5, 5.41) is 9.87. The van der Waals surface area contributed by atoms with Crippen molar-refractivity contribution in [2.24, 2.45) is 0 Å². The van der Waals surface area contributed by atoms with Crippen LogP contribution in [0.25, 0.3) is 11.4 Å². The molecule has 0 saturated carbocycles. The Balaban J connectivity index is 1.71. The monoisotopic (exact) mass is 442 g/mol. The van der Waals surface area contributed by atoms with Gasteiger partial charge < -0.3 is 10.1 Å². The lowest BCUT2D eigenvalue weighted by Gasteiger charge is -2.18. The number of H-pyrrole nitrogens is 1. The summed E-state index contributed by atoms with van der Waals surface area (Å²) in [4.78, 5) is 24.4. The molecule has 0 spiro atoms. The predicted molar refractivity (Wildman–Crippen MR) is 116 cm³/mol. The van der Waals surface area contributed by atoms with Gasteiger partial charge in [0.2, 0.25) is 5.91 Å². The molecule has 0 aliphatic carbocycles. The first-order valence-electron chi connectivity index (χ1n) is 9.71. The van der Waals surface area contributed by atoms with Crippen LogP contribution in [0.3, 0.4) is 0 Å². The van der Waals surface area contributed by atoms with E-state index < -0.39 is 17.8 Å². The minimum Gasteiger partial charge on any atom is -0.469 e. The van der Waals surface area contributed by atoms with Crippen LogP contribution >= 0.6 is 12.2 Å². The molecule has 1 amide bonds. The lowest BCUT2D eigenvalue weighted by atomic mass is 10.0. The fourth-order valence-electron chi connectivity index (χ4n) is 3.13. The summed E-state index contributed by atoms with van der Waals surface area (Å²) in [6.45, 7) is 2.30. The van der Waals surface area contributed by atoms with Crippen molar-refractivity contribution >= 4 is 24.1 Å². The number of hydrogen-bond donors (Lipinski definition) is 2. The molecule has 0 fully saturated rings. The highest BCUT2D eigenvalue weighted by Gasteiger charge is 2.19.